The van der Waals surface area contributed by atoms with Crippen LogP contribution in [0.2, 0.25) is 0 Å². The van der Waals surface area contributed by atoms with Crippen LogP contribution < -0.4 is 5.73 Å². The van der Waals surface area contributed by atoms with Gasteiger partial charge in [0.25, 0.3) is 0 Å². The van der Waals surface area contributed by atoms with E-state index in [1.807, 2.05) is 0 Å². The first-order valence-electron chi connectivity index (χ1n) is 3.66. The van der Waals surface area contributed by atoms with Crippen molar-refractivity contribution in [3.05, 3.63) is 0 Å². The number of alkyl halides is 2. The van der Waals surface area contributed by atoms with E-state index in [0.717, 1.165) is 0 Å². The van der Waals surface area contributed by atoms with Crippen molar-refractivity contribution >= 4 is 5.78 Å². The normalized spacial score (nSPS) is 28.8. The number of carbonyl (C=O) groups excluding carboxylic acids is 1. The maximum Gasteiger partial charge on any atom is 0.248 e. The van der Waals surface area contributed by atoms with Crippen LogP contribution in [0.5, 0.6) is 0 Å². The van der Waals surface area contributed by atoms with Crippen molar-refractivity contribution in [1.82, 2.24) is 0 Å². The molecule has 0 aromatic rings. The molecule has 64 valence electrons. The Hall–Kier alpha value is -0.510. The monoisotopic (exact) mass is 163 g/mol. The molecule has 0 saturated heterocycles. The summed E-state index contributed by atoms with van der Waals surface area (Å²) in [7, 11) is 0. The molecular weight excluding hydrogens is 152 g/mol. The van der Waals surface area contributed by atoms with Gasteiger partial charge >= 0.3 is 0 Å². The highest BCUT2D eigenvalue weighted by Crippen LogP contribution is 2.38. The number of nitrogens with two attached hydrogens (primary N) is 1. The van der Waals surface area contributed by atoms with Crippen molar-refractivity contribution in [3.8, 4) is 0 Å². The summed E-state index contributed by atoms with van der Waals surface area (Å²) in [5.41, 5.74) is 5.05. The van der Waals surface area contributed by atoms with Gasteiger partial charge in [0.15, 0.2) is 0 Å². The van der Waals surface area contributed by atoms with Crippen LogP contribution in [-0.2, 0) is 4.79 Å². The van der Waals surface area contributed by atoms with Crippen LogP contribution in [0.15, 0.2) is 0 Å². The second kappa shape index (κ2) is 2.85. The molecule has 11 heavy (non-hydrogen) atoms. The van der Waals surface area contributed by atoms with Crippen molar-refractivity contribution in [2.75, 3.05) is 6.54 Å². The van der Waals surface area contributed by atoms with E-state index in [1.54, 1.807) is 0 Å². The molecule has 1 atom stereocenters. The first-order chi connectivity index (χ1) is 5.05. The van der Waals surface area contributed by atoms with Crippen molar-refractivity contribution in [3.63, 3.8) is 0 Å². The first-order valence-corrected chi connectivity index (χ1v) is 3.66. The fourth-order valence-corrected chi connectivity index (χ4v) is 1.39. The van der Waals surface area contributed by atoms with E-state index in [0.29, 0.717) is 6.42 Å². The highest BCUT2D eigenvalue weighted by atomic mass is 19.3. The Labute approximate surface area is 63.8 Å². The lowest BCUT2D eigenvalue weighted by molar-refractivity contribution is -0.122. The highest BCUT2D eigenvalue weighted by molar-refractivity contribution is 5.83. The van der Waals surface area contributed by atoms with Gasteiger partial charge in [0, 0.05) is 18.8 Å². The standard InChI is InChI=1S/C7H11F2NO/c8-7(9)2-1-5(3-7)6(11)4-10/h5H,1-4,10H2. The lowest BCUT2D eigenvalue weighted by Gasteiger charge is -2.07. The lowest BCUT2D eigenvalue weighted by Crippen LogP contribution is -2.22. The van der Waals surface area contributed by atoms with Gasteiger partial charge in [-0.1, -0.05) is 0 Å². The van der Waals surface area contributed by atoms with Crippen LogP contribution in [0.3, 0.4) is 0 Å². The molecule has 1 fully saturated rings. The van der Waals surface area contributed by atoms with E-state index < -0.39 is 11.8 Å². The van der Waals surface area contributed by atoms with Gasteiger partial charge in [-0.25, -0.2) is 8.78 Å². The topological polar surface area (TPSA) is 43.1 Å². The average Bonchev–Trinajstić information content (AvgIpc) is 2.29. The number of rotatable bonds is 2. The van der Waals surface area contributed by atoms with E-state index >= 15 is 0 Å². The molecule has 0 bridgehead atoms. The van der Waals surface area contributed by atoms with Gasteiger partial charge in [-0.15, -0.1) is 0 Å². The summed E-state index contributed by atoms with van der Waals surface area (Å²) in [5.74, 6) is -3.35. The highest BCUT2D eigenvalue weighted by Gasteiger charge is 2.41. The first kappa shape index (κ1) is 8.59. The summed E-state index contributed by atoms with van der Waals surface area (Å²) in [6.07, 6.45) is -0.171. The Kier molecular flexibility index (Phi) is 2.23. The number of hydrogen-bond donors (Lipinski definition) is 1. The molecule has 2 N–H and O–H groups in total. The minimum Gasteiger partial charge on any atom is -0.324 e. The smallest absolute Gasteiger partial charge is 0.248 e. The average molecular weight is 163 g/mol. The molecule has 1 rings (SSSR count). The van der Waals surface area contributed by atoms with Gasteiger partial charge in [-0.2, -0.15) is 0 Å². The molecule has 2 nitrogen and oxygen atoms in total. The second-order valence-electron chi connectivity index (χ2n) is 2.97. The second-order valence-corrected chi connectivity index (χ2v) is 2.97. The number of Topliss-reactive ketones (excluding diaryl/α,β-unsaturated/α-hetero) is 1. The Bertz CT molecular complexity index is 170. The van der Waals surface area contributed by atoms with E-state index in [2.05, 4.69) is 0 Å². The molecule has 0 heterocycles. The van der Waals surface area contributed by atoms with Crippen LogP contribution in [0, 0.1) is 5.92 Å². The molecule has 0 aromatic heterocycles. The molecule has 4 heteroatoms. The fourth-order valence-electron chi connectivity index (χ4n) is 1.39. The molecule has 0 amide bonds. The largest absolute Gasteiger partial charge is 0.324 e. The van der Waals surface area contributed by atoms with E-state index in [-0.39, 0.29) is 25.2 Å². The van der Waals surface area contributed by atoms with Crippen LogP contribution in [0.1, 0.15) is 19.3 Å². The lowest BCUT2D eigenvalue weighted by atomic mass is 10.0. The summed E-state index contributed by atoms with van der Waals surface area (Å²) in [4.78, 5) is 10.8. The summed E-state index contributed by atoms with van der Waals surface area (Å²) < 4.78 is 25.0. The molecule has 0 spiro atoms. The third-order valence-corrected chi connectivity index (χ3v) is 2.06. The molecule has 1 unspecified atom stereocenters. The fraction of sp³-hybridized carbons (Fsp3) is 0.857. The number of ketones is 1. The van der Waals surface area contributed by atoms with Crippen molar-refractivity contribution in [2.24, 2.45) is 11.7 Å². The third kappa shape index (κ3) is 1.96. The molecule has 0 aliphatic heterocycles. The van der Waals surface area contributed by atoms with Crippen LogP contribution >= 0.6 is 0 Å². The van der Waals surface area contributed by atoms with Crippen molar-refractivity contribution in [1.29, 1.82) is 0 Å². The van der Waals surface area contributed by atoms with Crippen molar-refractivity contribution in [2.45, 2.75) is 25.2 Å². The van der Waals surface area contributed by atoms with E-state index in [4.69, 9.17) is 5.73 Å². The molecule has 1 aliphatic carbocycles. The van der Waals surface area contributed by atoms with Crippen LogP contribution in [-0.4, -0.2) is 18.3 Å². The summed E-state index contributed by atoms with van der Waals surface area (Å²) in [6.45, 7) is -0.110. The molecule has 1 aliphatic rings. The molecule has 0 aromatic carbocycles. The van der Waals surface area contributed by atoms with E-state index in [9.17, 15) is 13.6 Å². The van der Waals surface area contributed by atoms with Gasteiger partial charge in [0.05, 0.1) is 6.54 Å². The summed E-state index contributed by atoms with van der Waals surface area (Å²) in [5, 5.41) is 0. The Morgan fingerprint density at radius 2 is 2.27 bits per heavy atom. The van der Waals surface area contributed by atoms with E-state index in [1.165, 1.54) is 0 Å². The Morgan fingerprint density at radius 1 is 1.64 bits per heavy atom. The predicted octanol–water partition coefficient (Wildman–Crippen LogP) is 0.950. The zero-order chi connectivity index (χ0) is 8.48. The zero-order valence-electron chi connectivity index (χ0n) is 6.15. The Balaban J connectivity index is 2.48. The van der Waals surface area contributed by atoms with Gasteiger partial charge in [0.2, 0.25) is 5.92 Å². The van der Waals surface area contributed by atoms with Crippen LogP contribution in [0.25, 0.3) is 0 Å². The van der Waals surface area contributed by atoms with Gasteiger partial charge in [0.1, 0.15) is 5.78 Å². The summed E-state index contributed by atoms with van der Waals surface area (Å²) in [6, 6.07) is 0. The Morgan fingerprint density at radius 3 is 2.64 bits per heavy atom. The molecule has 0 radical (unpaired) electrons. The number of carbonyl (C=O) groups is 1. The van der Waals surface area contributed by atoms with Gasteiger partial charge < -0.3 is 5.73 Å². The van der Waals surface area contributed by atoms with Crippen LogP contribution in [0.4, 0.5) is 8.78 Å². The SMILES string of the molecule is NCC(=O)C1CCC(F)(F)C1. The van der Waals surface area contributed by atoms with Gasteiger partial charge in [-0.05, 0) is 6.42 Å². The third-order valence-electron chi connectivity index (χ3n) is 2.06. The predicted molar refractivity (Wildman–Crippen MR) is 36.3 cm³/mol. The quantitative estimate of drug-likeness (QED) is 0.658. The summed E-state index contributed by atoms with van der Waals surface area (Å²) >= 11 is 0. The molecule has 1 saturated carbocycles. The number of halogens is 2. The zero-order valence-corrected chi connectivity index (χ0v) is 6.15. The number of hydrogen-bond acceptors (Lipinski definition) is 2. The maximum atomic E-state index is 12.5. The van der Waals surface area contributed by atoms with Gasteiger partial charge in [-0.3, -0.25) is 4.79 Å². The minimum atomic E-state index is -2.63. The van der Waals surface area contributed by atoms with Crippen molar-refractivity contribution < 1.29 is 13.6 Å². The maximum absolute atomic E-state index is 12.5. The minimum absolute atomic E-state index is 0.110. The molecular formula is C7H11F2NO.